The fraction of sp³-hybridized carbons (Fsp3) is 0.462. The number of sulfonamides is 1. The molecule has 7 heteroatoms. The van der Waals surface area contributed by atoms with Crippen molar-refractivity contribution in [1.82, 2.24) is 4.31 Å². The summed E-state index contributed by atoms with van der Waals surface area (Å²) in [5, 5.41) is 8.78. The molecular weight excluding hydrogens is 302 g/mol. The lowest BCUT2D eigenvalue weighted by Gasteiger charge is -2.18. The maximum Gasteiger partial charge on any atom is 0.337 e. The summed E-state index contributed by atoms with van der Waals surface area (Å²) in [6.07, 6.45) is 0.747. The number of rotatable bonds is 6. The molecule has 0 bridgehead atoms. The average Bonchev–Trinajstić information content (AvgIpc) is 2.34. The van der Waals surface area contributed by atoms with Gasteiger partial charge in [-0.15, -0.1) is 0 Å². The summed E-state index contributed by atoms with van der Waals surface area (Å²) in [5.74, 6) is -0.794. The monoisotopic (exact) mass is 319 g/mol. The van der Waals surface area contributed by atoms with Gasteiger partial charge >= 0.3 is 5.97 Å². The second-order valence-electron chi connectivity index (χ2n) is 4.96. The van der Waals surface area contributed by atoms with Gasteiger partial charge in [0.25, 0.3) is 0 Å². The Balaban J connectivity index is 3.04. The van der Waals surface area contributed by atoms with E-state index >= 15 is 0 Å². The molecule has 1 aromatic rings. The molecule has 0 aliphatic heterocycles. The van der Waals surface area contributed by atoms with Gasteiger partial charge in [-0.05, 0) is 30.5 Å². The van der Waals surface area contributed by atoms with Gasteiger partial charge in [0.2, 0.25) is 10.0 Å². The number of benzene rings is 1. The van der Waals surface area contributed by atoms with Crippen molar-refractivity contribution >= 4 is 27.6 Å². The van der Waals surface area contributed by atoms with Crippen LogP contribution in [-0.4, -0.2) is 37.4 Å². The number of carboxylic acids is 1. The second kappa shape index (κ2) is 6.56. The average molecular weight is 320 g/mol. The molecular formula is C13H18ClNO4S. The minimum Gasteiger partial charge on any atom is -0.478 e. The van der Waals surface area contributed by atoms with E-state index in [1.54, 1.807) is 0 Å². The number of hydrogen-bond acceptors (Lipinski definition) is 3. The number of aromatic carboxylic acids is 1. The van der Waals surface area contributed by atoms with Crippen LogP contribution in [0.2, 0.25) is 5.02 Å². The summed E-state index contributed by atoms with van der Waals surface area (Å²) in [5.41, 5.74) is -0.115. The first-order valence-corrected chi connectivity index (χ1v) is 7.97. The maximum absolute atomic E-state index is 12.3. The summed E-state index contributed by atoms with van der Waals surface area (Å²) in [6, 6.07) is 3.64. The van der Waals surface area contributed by atoms with Crippen LogP contribution in [0.25, 0.3) is 0 Å². The number of carbonyl (C=O) groups is 1. The van der Waals surface area contributed by atoms with Crippen molar-refractivity contribution in [3.8, 4) is 0 Å². The highest BCUT2D eigenvalue weighted by molar-refractivity contribution is 7.89. The Morgan fingerprint density at radius 1 is 1.40 bits per heavy atom. The molecule has 0 spiro atoms. The second-order valence-corrected chi connectivity index (χ2v) is 7.41. The van der Waals surface area contributed by atoms with Crippen molar-refractivity contribution in [3.05, 3.63) is 28.8 Å². The topological polar surface area (TPSA) is 74.7 Å². The highest BCUT2D eigenvalue weighted by atomic mass is 35.5. The van der Waals surface area contributed by atoms with E-state index < -0.39 is 16.0 Å². The van der Waals surface area contributed by atoms with Crippen LogP contribution in [0.3, 0.4) is 0 Å². The molecule has 0 amide bonds. The van der Waals surface area contributed by atoms with Gasteiger partial charge in [-0.1, -0.05) is 25.4 Å². The van der Waals surface area contributed by atoms with Gasteiger partial charge in [-0.25, -0.2) is 17.5 Å². The van der Waals surface area contributed by atoms with E-state index in [2.05, 4.69) is 0 Å². The van der Waals surface area contributed by atoms with Gasteiger partial charge in [-0.3, -0.25) is 0 Å². The largest absolute Gasteiger partial charge is 0.478 e. The molecule has 0 radical (unpaired) electrons. The Labute approximate surface area is 124 Å². The maximum atomic E-state index is 12.3. The van der Waals surface area contributed by atoms with E-state index in [4.69, 9.17) is 16.7 Å². The van der Waals surface area contributed by atoms with Crippen molar-refractivity contribution in [2.45, 2.75) is 25.2 Å². The first-order valence-electron chi connectivity index (χ1n) is 6.15. The van der Waals surface area contributed by atoms with Crippen molar-refractivity contribution in [1.29, 1.82) is 0 Å². The van der Waals surface area contributed by atoms with E-state index in [1.165, 1.54) is 29.6 Å². The van der Waals surface area contributed by atoms with E-state index in [0.29, 0.717) is 12.5 Å². The van der Waals surface area contributed by atoms with Gasteiger partial charge in [0.15, 0.2) is 0 Å². The minimum absolute atomic E-state index is 0.00115. The zero-order valence-corrected chi connectivity index (χ0v) is 13.2. The molecule has 0 atom stereocenters. The first kappa shape index (κ1) is 16.9. The molecule has 0 fully saturated rings. The first-order chi connectivity index (χ1) is 9.16. The molecule has 0 aliphatic carbocycles. The Morgan fingerprint density at radius 2 is 2.00 bits per heavy atom. The van der Waals surface area contributed by atoms with Crippen molar-refractivity contribution < 1.29 is 18.3 Å². The smallest absolute Gasteiger partial charge is 0.337 e. The molecule has 112 valence electrons. The Kier molecular flexibility index (Phi) is 5.56. The van der Waals surface area contributed by atoms with Gasteiger partial charge < -0.3 is 5.11 Å². The van der Waals surface area contributed by atoms with Crippen LogP contribution in [0.1, 0.15) is 30.6 Å². The molecule has 0 unspecified atom stereocenters. The molecule has 0 heterocycles. The third-order valence-corrected chi connectivity index (χ3v) is 5.07. The standard InChI is InChI=1S/C13H18ClNO4S/c1-9(2)6-7-15(3)20(18,19)10-4-5-11(13(16)17)12(14)8-10/h4-5,8-9H,6-7H2,1-3H3,(H,16,17). The highest BCUT2D eigenvalue weighted by Crippen LogP contribution is 2.23. The molecule has 20 heavy (non-hydrogen) atoms. The number of halogens is 1. The lowest BCUT2D eigenvalue weighted by atomic mass is 10.1. The van der Waals surface area contributed by atoms with Gasteiger partial charge in [-0.2, -0.15) is 0 Å². The third-order valence-electron chi connectivity index (χ3n) is 2.90. The molecule has 0 saturated heterocycles. The van der Waals surface area contributed by atoms with E-state index in [0.717, 1.165) is 6.42 Å². The van der Waals surface area contributed by atoms with Crippen LogP contribution in [0, 0.1) is 5.92 Å². The zero-order valence-electron chi connectivity index (χ0n) is 11.6. The number of carboxylic acid groups (broad SMARTS) is 1. The SMILES string of the molecule is CC(C)CCN(C)S(=O)(=O)c1ccc(C(=O)O)c(Cl)c1. The van der Waals surface area contributed by atoms with E-state index in [1.807, 2.05) is 13.8 Å². The summed E-state index contributed by atoms with van der Waals surface area (Å²) in [7, 11) is -2.15. The van der Waals surface area contributed by atoms with Crippen molar-refractivity contribution in [2.24, 2.45) is 5.92 Å². The van der Waals surface area contributed by atoms with E-state index in [9.17, 15) is 13.2 Å². The molecule has 0 aromatic heterocycles. The normalized spacial score (nSPS) is 12.1. The molecule has 1 N–H and O–H groups in total. The van der Waals surface area contributed by atoms with Gasteiger partial charge in [0.05, 0.1) is 15.5 Å². The lowest BCUT2D eigenvalue weighted by Crippen LogP contribution is -2.28. The predicted molar refractivity (Wildman–Crippen MR) is 77.7 cm³/mol. The van der Waals surface area contributed by atoms with Crippen LogP contribution < -0.4 is 0 Å². The lowest BCUT2D eigenvalue weighted by molar-refractivity contribution is 0.0697. The Bertz CT molecular complexity index is 598. The molecule has 5 nitrogen and oxygen atoms in total. The quantitative estimate of drug-likeness (QED) is 0.874. The van der Waals surface area contributed by atoms with Gasteiger partial charge in [0, 0.05) is 13.6 Å². The summed E-state index contributed by atoms with van der Waals surface area (Å²) in [4.78, 5) is 10.8. The number of nitrogens with zero attached hydrogens (tertiary/aromatic N) is 1. The Hall–Kier alpha value is -1.11. The molecule has 1 rings (SSSR count). The fourth-order valence-electron chi connectivity index (χ4n) is 1.57. The molecule has 0 saturated carbocycles. The van der Waals surface area contributed by atoms with Crippen LogP contribution in [-0.2, 0) is 10.0 Å². The third kappa shape index (κ3) is 3.94. The predicted octanol–water partition coefficient (Wildman–Crippen LogP) is 2.70. The highest BCUT2D eigenvalue weighted by Gasteiger charge is 2.22. The molecule has 1 aromatic carbocycles. The molecule has 0 aliphatic rings. The summed E-state index contributed by atoms with van der Waals surface area (Å²) in [6.45, 7) is 4.43. The van der Waals surface area contributed by atoms with Crippen LogP contribution in [0.4, 0.5) is 0 Å². The van der Waals surface area contributed by atoms with E-state index in [-0.39, 0.29) is 15.5 Å². The van der Waals surface area contributed by atoms with Gasteiger partial charge in [0.1, 0.15) is 0 Å². The summed E-state index contributed by atoms with van der Waals surface area (Å²) < 4.78 is 25.8. The van der Waals surface area contributed by atoms with Crippen LogP contribution in [0.15, 0.2) is 23.1 Å². The summed E-state index contributed by atoms with van der Waals surface area (Å²) >= 11 is 5.80. The zero-order chi connectivity index (χ0) is 15.5. The minimum atomic E-state index is -3.64. The number of hydrogen-bond donors (Lipinski definition) is 1. The van der Waals surface area contributed by atoms with Crippen LogP contribution >= 0.6 is 11.6 Å². The van der Waals surface area contributed by atoms with Crippen molar-refractivity contribution in [2.75, 3.05) is 13.6 Å². The van der Waals surface area contributed by atoms with Crippen molar-refractivity contribution in [3.63, 3.8) is 0 Å². The van der Waals surface area contributed by atoms with Crippen LogP contribution in [0.5, 0.6) is 0 Å². The fourth-order valence-corrected chi connectivity index (χ4v) is 3.11. The Morgan fingerprint density at radius 3 is 2.45 bits per heavy atom.